The third-order valence-electron chi connectivity index (χ3n) is 5.17. The van der Waals surface area contributed by atoms with E-state index in [1.807, 2.05) is 0 Å². The Balaban J connectivity index is 1.74. The van der Waals surface area contributed by atoms with Crippen LogP contribution in [0.5, 0.6) is 0 Å². The van der Waals surface area contributed by atoms with Crippen molar-refractivity contribution in [2.24, 2.45) is 10.8 Å². The number of aliphatic hydroxyl groups is 4. The molecular weight excluding hydrogens is 422 g/mol. The largest absolute Gasteiger partial charge is 0.394 e. The summed E-state index contributed by atoms with van der Waals surface area (Å²) in [5.74, 6) is -0.299. The molecule has 1 amide bonds. The second kappa shape index (κ2) is 13.3. The van der Waals surface area contributed by atoms with Crippen LogP contribution in [-0.4, -0.2) is 82.8 Å². The fraction of sp³-hybridized carbons (Fsp3) is 0.650. The Kier molecular flexibility index (Phi) is 10.8. The lowest BCUT2D eigenvalue weighted by Crippen LogP contribution is -2.59. The third-order valence-corrected chi connectivity index (χ3v) is 5.17. The van der Waals surface area contributed by atoms with Gasteiger partial charge in [0, 0.05) is 17.1 Å². The van der Waals surface area contributed by atoms with E-state index in [4.69, 9.17) is 20.7 Å². The first-order valence-electron chi connectivity index (χ1n) is 10.5. The highest BCUT2D eigenvalue weighted by Crippen LogP contribution is 2.22. The number of unbranched alkanes of at least 4 members (excludes halogenated alkanes) is 1. The van der Waals surface area contributed by atoms with Crippen molar-refractivity contribution in [3.05, 3.63) is 40.3 Å². The topological polar surface area (TPSA) is 203 Å². The standard InChI is InChI=1S/C20H31N5O7/c21-14(3-1-2-9-23-25-22)19(30)24-13-6-4-12(5-7-13)8-10-31-20-18(29)17(28)16(27)15(11-26)32-20/h4-7,14-18,20,26-29H,1-3,8-11,21H2,(H,24,30)/t14-,15+,16+,17-,18+,20+/m0/s1. The van der Waals surface area contributed by atoms with Crippen LogP contribution < -0.4 is 11.1 Å². The molecular formula is C20H31N5O7. The molecule has 1 heterocycles. The molecule has 32 heavy (non-hydrogen) atoms. The molecule has 1 fully saturated rings. The number of anilines is 1. The van der Waals surface area contributed by atoms with E-state index < -0.39 is 43.4 Å². The van der Waals surface area contributed by atoms with Crippen molar-refractivity contribution < 1.29 is 34.7 Å². The van der Waals surface area contributed by atoms with Crippen LogP contribution in [0.15, 0.2) is 29.4 Å². The van der Waals surface area contributed by atoms with E-state index in [9.17, 15) is 25.2 Å². The van der Waals surface area contributed by atoms with Gasteiger partial charge in [-0.15, -0.1) is 0 Å². The Labute approximate surface area is 185 Å². The summed E-state index contributed by atoms with van der Waals surface area (Å²) < 4.78 is 10.8. The first kappa shape index (κ1) is 26.0. The van der Waals surface area contributed by atoms with E-state index in [0.717, 1.165) is 5.56 Å². The van der Waals surface area contributed by atoms with Crippen molar-refractivity contribution in [2.45, 2.75) is 62.4 Å². The normalized spacial score (nSPS) is 26.2. The number of nitrogens with two attached hydrogens (primary N) is 1. The molecule has 0 unspecified atom stereocenters. The molecule has 1 aliphatic heterocycles. The van der Waals surface area contributed by atoms with Crippen LogP contribution in [0, 0.1) is 0 Å². The number of carbonyl (C=O) groups excluding carboxylic acids is 1. The molecule has 7 N–H and O–H groups in total. The highest BCUT2D eigenvalue weighted by atomic mass is 16.7. The summed E-state index contributed by atoms with van der Waals surface area (Å²) in [7, 11) is 0. The van der Waals surface area contributed by atoms with E-state index in [2.05, 4.69) is 15.3 Å². The minimum Gasteiger partial charge on any atom is -0.394 e. The Hall–Kier alpha value is -2.28. The average Bonchev–Trinajstić information content (AvgIpc) is 2.79. The van der Waals surface area contributed by atoms with Gasteiger partial charge in [0.1, 0.15) is 24.4 Å². The lowest BCUT2D eigenvalue weighted by atomic mass is 9.99. The molecule has 0 radical (unpaired) electrons. The van der Waals surface area contributed by atoms with Crippen LogP contribution in [-0.2, 0) is 20.7 Å². The van der Waals surface area contributed by atoms with E-state index in [-0.39, 0.29) is 12.5 Å². The third kappa shape index (κ3) is 7.69. The Bertz CT molecular complexity index is 757. The summed E-state index contributed by atoms with van der Waals surface area (Å²) in [6.07, 6.45) is -4.22. The van der Waals surface area contributed by atoms with Crippen LogP contribution >= 0.6 is 0 Å². The maximum atomic E-state index is 12.2. The molecule has 2 rings (SSSR count). The summed E-state index contributed by atoms with van der Waals surface area (Å²) >= 11 is 0. The van der Waals surface area contributed by atoms with Crippen molar-refractivity contribution in [3.8, 4) is 0 Å². The number of hydrogen-bond acceptors (Lipinski definition) is 9. The van der Waals surface area contributed by atoms with Gasteiger partial charge in [-0.2, -0.15) is 0 Å². The lowest BCUT2D eigenvalue weighted by Gasteiger charge is -2.39. The molecule has 1 saturated heterocycles. The predicted molar refractivity (Wildman–Crippen MR) is 114 cm³/mol. The summed E-state index contributed by atoms with van der Waals surface area (Å²) in [6, 6.07) is 6.41. The zero-order chi connectivity index (χ0) is 23.5. The van der Waals surface area contributed by atoms with Gasteiger partial charge in [-0.05, 0) is 42.5 Å². The number of ether oxygens (including phenoxy) is 2. The van der Waals surface area contributed by atoms with E-state index >= 15 is 0 Å². The van der Waals surface area contributed by atoms with Gasteiger partial charge in [-0.3, -0.25) is 4.79 Å². The van der Waals surface area contributed by atoms with Crippen LogP contribution in [0.25, 0.3) is 10.4 Å². The Morgan fingerprint density at radius 3 is 2.59 bits per heavy atom. The molecule has 1 aromatic rings. The highest BCUT2D eigenvalue weighted by molar-refractivity contribution is 5.94. The van der Waals surface area contributed by atoms with Gasteiger partial charge >= 0.3 is 0 Å². The molecule has 12 nitrogen and oxygen atoms in total. The van der Waals surface area contributed by atoms with Crippen molar-refractivity contribution >= 4 is 11.6 Å². The molecule has 0 aliphatic carbocycles. The van der Waals surface area contributed by atoms with Crippen LogP contribution in [0.2, 0.25) is 0 Å². The molecule has 6 atom stereocenters. The molecule has 1 aliphatic rings. The zero-order valence-electron chi connectivity index (χ0n) is 17.7. The number of azide groups is 1. The van der Waals surface area contributed by atoms with Gasteiger partial charge in [0.25, 0.3) is 0 Å². The number of amides is 1. The van der Waals surface area contributed by atoms with Gasteiger partial charge in [-0.1, -0.05) is 23.7 Å². The first-order chi connectivity index (χ1) is 15.4. The van der Waals surface area contributed by atoms with Crippen molar-refractivity contribution in [1.29, 1.82) is 0 Å². The van der Waals surface area contributed by atoms with Crippen molar-refractivity contribution in [3.63, 3.8) is 0 Å². The maximum absolute atomic E-state index is 12.2. The minimum atomic E-state index is -1.48. The van der Waals surface area contributed by atoms with Crippen molar-refractivity contribution in [1.82, 2.24) is 0 Å². The van der Waals surface area contributed by atoms with Crippen molar-refractivity contribution in [2.75, 3.05) is 25.1 Å². The first-order valence-corrected chi connectivity index (χ1v) is 10.5. The van der Waals surface area contributed by atoms with Crippen LogP contribution in [0.1, 0.15) is 24.8 Å². The summed E-state index contributed by atoms with van der Waals surface area (Å²) in [5, 5.41) is 44.9. The summed E-state index contributed by atoms with van der Waals surface area (Å²) in [5.41, 5.74) is 15.6. The fourth-order valence-corrected chi connectivity index (χ4v) is 3.21. The van der Waals surface area contributed by atoms with E-state index in [1.54, 1.807) is 24.3 Å². The quantitative estimate of drug-likeness (QED) is 0.108. The molecule has 1 aromatic carbocycles. The SMILES string of the molecule is [N-]=[N+]=NCCCC[C@H](N)C(=O)Nc1ccc(CCO[C@@H]2O[C@H](CO)[C@@H](O)[C@H](O)[C@H]2O)cc1. The molecule has 0 saturated carbocycles. The van der Waals surface area contributed by atoms with Gasteiger partial charge < -0.3 is 41.0 Å². The lowest BCUT2D eigenvalue weighted by molar-refractivity contribution is -0.300. The van der Waals surface area contributed by atoms with Gasteiger partial charge in [-0.25, -0.2) is 0 Å². The van der Waals surface area contributed by atoms with E-state index in [1.165, 1.54) is 0 Å². The summed E-state index contributed by atoms with van der Waals surface area (Å²) in [4.78, 5) is 14.8. The van der Waals surface area contributed by atoms with Gasteiger partial charge in [0.05, 0.1) is 19.3 Å². The van der Waals surface area contributed by atoms with Crippen LogP contribution in [0.4, 0.5) is 5.69 Å². The molecule has 12 heteroatoms. The average molecular weight is 453 g/mol. The smallest absolute Gasteiger partial charge is 0.241 e. The monoisotopic (exact) mass is 453 g/mol. The maximum Gasteiger partial charge on any atom is 0.241 e. The van der Waals surface area contributed by atoms with Crippen LogP contribution in [0.3, 0.4) is 0 Å². The minimum absolute atomic E-state index is 0.162. The number of rotatable bonds is 12. The molecule has 0 aromatic heterocycles. The van der Waals surface area contributed by atoms with Gasteiger partial charge in [0.2, 0.25) is 5.91 Å². The Morgan fingerprint density at radius 2 is 1.94 bits per heavy atom. The number of nitrogens with one attached hydrogen (secondary N) is 1. The highest BCUT2D eigenvalue weighted by Gasteiger charge is 2.43. The van der Waals surface area contributed by atoms with E-state index in [0.29, 0.717) is 37.9 Å². The number of benzene rings is 1. The summed E-state index contributed by atoms with van der Waals surface area (Å²) in [6.45, 7) is 0.0267. The molecule has 0 bridgehead atoms. The fourth-order valence-electron chi connectivity index (χ4n) is 3.21. The molecule has 0 spiro atoms. The predicted octanol–water partition coefficient (Wildman–Crippen LogP) is -0.208. The number of carbonyl (C=O) groups is 1. The zero-order valence-corrected chi connectivity index (χ0v) is 17.7. The second-order valence-electron chi connectivity index (χ2n) is 7.56. The van der Waals surface area contributed by atoms with Gasteiger partial charge in [0.15, 0.2) is 6.29 Å². The number of hydrogen-bond donors (Lipinski definition) is 6. The number of aliphatic hydroxyl groups excluding tert-OH is 4. The second-order valence-corrected chi connectivity index (χ2v) is 7.56. The molecule has 178 valence electrons. The number of nitrogens with zero attached hydrogens (tertiary/aromatic N) is 3. The Morgan fingerprint density at radius 1 is 1.22 bits per heavy atom.